The predicted molar refractivity (Wildman–Crippen MR) is 60.7 cm³/mol. The minimum absolute atomic E-state index is 0.701. The molecule has 2 rings (SSSR count). The first-order valence-electron chi connectivity index (χ1n) is 5.38. The van der Waals surface area contributed by atoms with Gasteiger partial charge in [-0.3, -0.25) is 0 Å². The summed E-state index contributed by atoms with van der Waals surface area (Å²) in [6, 6.07) is 3.77. The number of hydrogen-bond donors (Lipinski definition) is 2. The van der Waals surface area contributed by atoms with Gasteiger partial charge in [0.25, 0.3) is 0 Å². The van der Waals surface area contributed by atoms with Crippen LogP contribution >= 0.6 is 0 Å². The number of nitrogens with zero attached hydrogens (tertiary/aromatic N) is 1. The molecule has 4 nitrogen and oxygen atoms in total. The Hall–Kier alpha value is -1.29. The summed E-state index contributed by atoms with van der Waals surface area (Å²) in [5.41, 5.74) is 6.26. The highest BCUT2D eigenvalue weighted by Crippen LogP contribution is 2.15. The fourth-order valence-corrected chi connectivity index (χ4v) is 1.71. The molecule has 0 amide bonds. The van der Waals surface area contributed by atoms with Gasteiger partial charge in [0.05, 0.1) is 11.9 Å². The largest absolute Gasteiger partial charge is 0.397 e. The molecule has 0 unspecified atom stereocenters. The number of aromatic nitrogens is 1. The maximum Gasteiger partial charge on any atom is 0.126 e. The predicted octanol–water partition coefficient (Wildman–Crippen LogP) is 1.50. The van der Waals surface area contributed by atoms with Gasteiger partial charge in [0, 0.05) is 19.8 Å². The van der Waals surface area contributed by atoms with Crippen LogP contribution in [-0.2, 0) is 4.74 Å². The quantitative estimate of drug-likeness (QED) is 0.788. The van der Waals surface area contributed by atoms with Crippen LogP contribution < -0.4 is 11.1 Å². The molecule has 0 radical (unpaired) electrons. The minimum atomic E-state index is 0.701. The Bertz CT molecular complexity index is 293. The summed E-state index contributed by atoms with van der Waals surface area (Å²) >= 11 is 0. The van der Waals surface area contributed by atoms with Gasteiger partial charge in [-0.25, -0.2) is 4.98 Å². The number of rotatable bonds is 3. The van der Waals surface area contributed by atoms with Crippen molar-refractivity contribution >= 4 is 11.5 Å². The van der Waals surface area contributed by atoms with Crippen molar-refractivity contribution in [1.29, 1.82) is 0 Å². The molecule has 0 bridgehead atoms. The van der Waals surface area contributed by atoms with Crippen LogP contribution in [-0.4, -0.2) is 24.7 Å². The molecular formula is C11H17N3O. The molecule has 15 heavy (non-hydrogen) atoms. The maximum absolute atomic E-state index is 5.56. The number of nitrogen functional groups attached to an aromatic ring is 1. The zero-order chi connectivity index (χ0) is 10.5. The van der Waals surface area contributed by atoms with Crippen LogP contribution in [0.3, 0.4) is 0 Å². The second-order valence-electron chi connectivity index (χ2n) is 3.91. The Kier molecular flexibility index (Phi) is 3.40. The normalized spacial score (nSPS) is 17.6. The van der Waals surface area contributed by atoms with E-state index < -0.39 is 0 Å². The Morgan fingerprint density at radius 2 is 2.20 bits per heavy atom. The highest BCUT2D eigenvalue weighted by Gasteiger charge is 2.13. The first-order valence-corrected chi connectivity index (χ1v) is 5.38. The van der Waals surface area contributed by atoms with E-state index in [0.717, 1.165) is 38.4 Å². The summed E-state index contributed by atoms with van der Waals surface area (Å²) in [4.78, 5) is 4.20. The first kappa shape index (κ1) is 10.2. The van der Waals surface area contributed by atoms with E-state index in [4.69, 9.17) is 10.5 Å². The molecule has 4 heteroatoms. The summed E-state index contributed by atoms with van der Waals surface area (Å²) in [5, 5.41) is 3.32. The van der Waals surface area contributed by atoms with Crippen molar-refractivity contribution in [2.45, 2.75) is 12.8 Å². The molecular weight excluding hydrogens is 190 g/mol. The van der Waals surface area contributed by atoms with E-state index in [1.807, 2.05) is 12.1 Å². The molecule has 0 atom stereocenters. The number of hydrogen-bond acceptors (Lipinski definition) is 4. The van der Waals surface area contributed by atoms with Crippen LogP contribution in [0.5, 0.6) is 0 Å². The zero-order valence-electron chi connectivity index (χ0n) is 8.78. The molecule has 1 saturated heterocycles. The summed E-state index contributed by atoms with van der Waals surface area (Å²) < 4.78 is 5.31. The second-order valence-corrected chi connectivity index (χ2v) is 3.91. The van der Waals surface area contributed by atoms with Crippen LogP contribution in [0.4, 0.5) is 11.5 Å². The van der Waals surface area contributed by atoms with Crippen molar-refractivity contribution in [1.82, 2.24) is 4.98 Å². The van der Waals surface area contributed by atoms with E-state index in [1.165, 1.54) is 0 Å². The third kappa shape index (κ3) is 3.09. The fraction of sp³-hybridized carbons (Fsp3) is 0.545. The molecule has 0 aromatic carbocycles. The van der Waals surface area contributed by atoms with Gasteiger partial charge in [0.2, 0.25) is 0 Å². The summed E-state index contributed by atoms with van der Waals surface area (Å²) in [6.45, 7) is 2.75. The number of nitrogens with two attached hydrogens (primary N) is 1. The maximum atomic E-state index is 5.56. The van der Waals surface area contributed by atoms with Gasteiger partial charge >= 0.3 is 0 Å². The van der Waals surface area contributed by atoms with Crippen LogP contribution in [0.25, 0.3) is 0 Å². The van der Waals surface area contributed by atoms with Gasteiger partial charge in [-0.2, -0.15) is 0 Å². The molecule has 3 N–H and O–H groups in total. The van der Waals surface area contributed by atoms with E-state index in [1.54, 1.807) is 6.20 Å². The molecule has 1 aliphatic rings. The molecule has 1 aromatic heterocycles. The molecule has 0 saturated carbocycles. The Morgan fingerprint density at radius 1 is 1.40 bits per heavy atom. The van der Waals surface area contributed by atoms with Crippen molar-refractivity contribution in [2.75, 3.05) is 30.8 Å². The molecule has 82 valence electrons. The lowest BCUT2D eigenvalue weighted by molar-refractivity contribution is 0.0699. The van der Waals surface area contributed by atoms with Crippen LogP contribution in [0, 0.1) is 5.92 Å². The Morgan fingerprint density at radius 3 is 2.87 bits per heavy atom. The van der Waals surface area contributed by atoms with Crippen molar-refractivity contribution < 1.29 is 4.74 Å². The summed E-state index contributed by atoms with van der Waals surface area (Å²) in [5.74, 6) is 1.61. The van der Waals surface area contributed by atoms with Crippen molar-refractivity contribution in [2.24, 2.45) is 5.92 Å². The van der Waals surface area contributed by atoms with Crippen LogP contribution in [0.15, 0.2) is 18.3 Å². The van der Waals surface area contributed by atoms with Crippen LogP contribution in [0.2, 0.25) is 0 Å². The van der Waals surface area contributed by atoms with E-state index in [2.05, 4.69) is 10.3 Å². The minimum Gasteiger partial charge on any atom is -0.397 e. The lowest BCUT2D eigenvalue weighted by Crippen LogP contribution is -2.22. The molecule has 1 aromatic rings. The SMILES string of the molecule is Nc1ccc(NCC2CCOCC2)nc1. The van der Waals surface area contributed by atoms with E-state index in [0.29, 0.717) is 11.6 Å². The summed E-state index contributed by atoms with van der Waals surface area (Å²) in [6.07, 6.45) is 3.95. The lowest BCUT2D eigenvalue weighted by atomic mass is 10.0. The Labute approximate surface area is 89.8 Å². The van der Waals surface area contributed by atoms with Gasteiger partial charge in [0.15, 0.2) is 0 Å². The van der Waals surface area contributed by atoms with Crippen LogP contribution in [0.1, 0.15) is 12.8 Å². The number of anilines is 2. The van der Waals surface area contributed by atoms with Gasteiger partial charge in [-0.1, -0.05) is 0 Å². The Balaban J connectivity index is 1.79. The van der Waals surface area contributed by atoms with E-state index in [9.17, 15) is 0 Å². The second kappa shape index (κ2) is 4.98. The van der Waals surface area contributed by atoms with Gasteiger partial charge in [-0.05, 0) is 30.9 Å². The first-order chi connectivity index (χ1) is 7.34. The van der Waals surface area contributed by atoms with Crippen molar-refractivity contribution in [3.8, 4) is 0 Å². The van der Waals surface area contributed by atoms with E-state index >= 15 is 0 Å². The average molecular weight is 207 g/mol. The van der Waals surface area contributed by atoms with Gasteiger partial charge < -0.3 is 15.8 Å². The topological polar surface area (TPSA) is 60.2 Å². The molecule has 1 fully saturated rings. The number of nitrogens with one attached hydrogen (secondary N) is 1. The third-order valence-corrected chi connectivity index (χ3v) is 2.70. The number of pyridine rings is 1. The molecule has 0 aliphatic carbocycles. The summed E-state index contributed by atoms with van der Waals surface area (Å²) in [7, 11) is 0. The van der Waals surface area contributed by atoms with Gasteiger partial charge in [0.1, 0.15) is 5.82 Å². The smallest absolute Gasteiger partial charge is 0.126 e. The fourth-order valence-electron chi connectivity index (χ4n) is 1.71. The number of ether oxygens (including phenoxy) is 1. The van der Waals surface area contributed by atoms with Gasteiger partial charge in [-0.15, -0.1) is 0 Å². The van der Waals surface area contributed by atoms with Crippen molar-refractivity contribution in [3.63, 3.8) is 0 Å². The van der Waals surface area contributed by atoms with E-state index in [-0.39, 0.29) is 0 Å². The molecule has 2 heterocycles. The van der Waals surface area contributed by atoms with Crippen molar-refractivity contribution in [3.05, 3.63) is 18.3 Å². The lowest BCUT2D eigenvalue weighted by Gasteiger charge is -2.22. The molecule has 1 aliphatic heterocycles. The standard InChI is InChI=1S/C11H17N3O/c12-10-1-2-11(14-8-10)13-7-9-3-5-15-6-4-9/h1-2,8-9H,3-7,12H2,(H,13,14). The highest BCUT2D eigenvalue weighted by molar-refractivity contribution is 5.43. The third-order valence-electron chi connectivity index (χ3n) is 2.70. The monoisotopic (exact) mass is 207 g/mol. The molecule has 0 spiro atoms. The average Bonchev–Trinajstić information content (AvgIpc) is 2.30. The zero-order valence-corrected chi connectivity index (χ0v) is 8.78. The highest BCUT2D eigenvalue weighted by atomic mass is 16.5.